The summed E-state index contributed by atoms with van der Waals surface area (Å²) in [5.41, 5.74) is 4.36. The highest BCUT2D eigenvalue weighted by molar-refractivity contribution is 7.53. The zero-order chi connectivity index (χ0) is 49.4. The van der Waals surface area contributed by atoms with Gasteiger partial charge in [0.05, 0.1) is 35.2 Å². The van der Waals surface area contributed by atoms with Crippen molar-refractivity contribution in [3.63, 3.8) is 0 Å². The van der Waals surface area contributed by atoms with E-state index in [1.165, 1.54) is 64.2 Å². The van der Waals surface area contributed by atoms with Crippen LogP contribution in [0.2, 0.25) is 0 Å². The second-order valence-electron chi connectivity index (χ2n) is 21.5. The van der Waals surface area contributed by atoms with E-state index in [4.69, 9.17) is 24.6 Å². The van der Waals surface area contributed by atoms with E-state index >= 15 is 0 Å². The molecule has 0 saturated heterocycles. The molecular weight excluding hydrogens is 846 g/mol. The molecule has 0 aromatic rings. The minimum atomic E-state index is -3.13. The van der Waals surface area contributed by atoms with Crippen molar-refractivity contribution in [2.24, 2.45) is 17.6 Å². The molecule has 14 heteroatoms. The van der Waals surface area contributed by atoms with Crippen LogP contribution in [-0.4, -0.2) is 76.7 Å². The Kier molecular flexibility index (Phi) is 33.6. The van der Waals surface area contributed by atoms with Crippen molar-refractivity contribution < 1.29 is 47.4 Å². The van der Waals surface area contributed by atoms with Gasteiger partial charge in [0.1, 0.15) is 11.4 Å². The average molecular weight is 944 g/mol. The summed E-state index contributed by atoms with van der Waals surface area (Å²) in [6.45, 7) is 19.5. The normalized spacial score (nSPS) is 13.8. The van der Waals surface area contributed by atoms with Crippen molar-refractivity contribution in [3.05, 3.63) is 0 Å². The first kappa shape index (κ1) is 62.7. The van der Waals surface area contributed by atoms with Gasteiger partial charge >= 0.3 is 19.5 Å². The monoisotopic (exact) mass is 944 g/mol. The van der Waals surface area contributed by atoms with Gasteiger partial charge in [0.25, 0.3) is 0 Å². The number of carbonyl (C=O) groups is 5. The molecule has 0 aliphatic heterocycles. The summed E-state index contributed by atoms with van der Waals surface area (Å²) in [4.78, 5) is 61.6. The Hall–Kier alpha value is -2.34. The minimum Gasteiger partial charge on any atom is -0.481 e. The smallest absolute Gasteiger partial charge is 0.331 e. The summed E-state index contributed by atoms with van der Waals surface area (Å²) in [6.07, 6.45) is 24.6. The van der Waals surface area contributed by atoms with Crippen LogP contribution in [0.1, 0.15) is 243 Å². The van der Waals surface area contributed by atoms with Gasteiger partial charge in [-0.3, -0.25) is 28.5 Å². The summed E-state index contributed by atoms with van der Waals surface area (Å²) in [5.74, 6) is -2.36. The number of nitrogens with two attached hydrogens (primary N) is 1. The van der Waals surface area contributed by atoms with Crippen molar-refractivity contribution in [2.45, 2.75) is 265 Å². The van der Waals surface area contributed by atoms with E-state index < -0.39 is 48.2 Å². The molecule has 2 amide bonds. The number of hydrogen-bond acceptors (Lipinski definition) is 10. The SMILES string of the molecule is C[C@@H](CCCCNC(=O)[C@@H](N)CCCCNC(=O)CC[C@H](CCC(=O)CCCCCCCCCCCCCCCCCCP(=O)(OC(C)(C)C)OC(C)(C)C)C(=O)OC(C)(C)C)C(=O)O. The number of ketones is 1. The van der Waals surface area contributed by atoms with Crippen LogP contribution in [0.25, 0.3) is 0 Å². The van der Waals surface area contributed by atoms with Gasteiger partial charge < -0.3 is 35.3 Å². The third-order valence-corrected chi connectivity index (χ3v) is 13.6. The fraction of sp³-hybridized carbons (Fsp3) is 0.902. The summed E-state index contributed by atoms with van der Waals surface area (Å²) in [5, 5.41) is 14.7. The molecule has 0 rings (SSSR count). The van der Waals surface area contributed by atoms with Crippen LogP contribution in [0.4, 0.5) is 0 Å². The van der Waals surface area contributed by atoms with Crippen molar-refractivity contribution in [1.29, 1.82) is 0 Å². The van der Waals surface area contributed by atoms with Crippen LogP contribution < -0.4 is 16.4 Å². The molecule has 0 unspecified atom stereocenters. The largest absolute Gasteiger partial charge is 0.481 e. The molecule has 13 nitrogen and oxygen atoms in total. The highest BCUT2D eigenvalue weighted by atomic mass is 31.2. The maximum absolute atomic E-state index is 13.3. The second-order valence-corrected chi connectivity index (χ2v) is 23.5. The van der Waals surface area contributed by atoms with E-state index in [9.17, 15) is 28.5 Å². The molecule has 382 valence electrons. The number of amides is 2. The molecule has 65 heavy (non-hydrogen) atoms. The quantitative estimate of drug-likeness (QED) is 0.0259. The minimum absolute atomic E-state index is 0.153. The molecular formula is C51H98N3O10P. The molecule has 0 bridgehead atoms. The van der Waals surface area contributed by atoms with E-state index in [-0.39, 0.29) is 30.0 Å². The van der Waals surface area contributed by atoms with Crippen LogP contribution in [0.5, 0.6) is 0 Å². The molecule has 0 aliphatic rings. The molecule has 0 aliphatic carbocycles. The van der Waals surface area contributed by atoms with Gasteiger partial charge in [-0.15, -0.1) is 0 Å². The molecule has 0 aromatic carbocycles. The van der Waals surface area contributed by atoms with E-state index in [0.29, 0.717) is 83.5 Å². The summed E-state index contributed by atoms with van der Waals surface area (Å²) in [7, 11) is -3.13. The number of rotatable bonds is 40. The van der Waals surface area contributed by atoms with Gasteiger partial charge in [-0.05, 0) is 120 Å². The predicted molar refractivity (Wildman–Crippen MR) is 264 cm³/mol. The van der Waals surface area contributed by atoms with Crippen molar-refractivity contribution >= 4 is 37.1 Å². The topological polar surface area (TPSA) is 200 Å². The lowest BCUT2D eigenvalue weighted by Crippen LogP contribution is -2.41. The van der Waals surface area contributed by atoms with Gasteiger partial charge in [-0.2, -0.15) is 0 Å². The zero-order valence-corrected chi connectivity index (χ0v) is 44.0. The average Bonchev–Trinajstić information content (AvgIpc) is 3.17. The highest BCUT2D eigenvalue weighted by Gasteiger charge is 2.34. The fourth-order valence-corrected chi connectivity index (χ4v) is 10.1. The molecule has 5 N–H and O–H groups in total. The van der Waals surface area contributed by atoms with Crippen LogP contribution in [-0.2, 0) is 42.3 Å². The number of esters is 1. The lowest BCUT2D eigenvalue weighted by Gasteiger charge is -2.32. The summed E-state index contributed by atoms with van der Waals surface area (Å²) in [6, 6.07) is -0.646. The standard InChI is InChI=1S/C51H98N3O10P/c1-41(47(58)59)31-26-28-39-54-46(57)44(52)33-27-29-38-53-45(56)37-35-42(48(60)62-49(2,3)4)34-36-43(55)32-25-23-21-19-17-15-13-11-12-14-16-18-20-22-24-30-40-65(61,63-50(5,6)7)64-51(8,9)10/h41-42,44H,11-40,52H2,1-10H3,(H,53,56)(H,54,57)(H,58,59)/t41-,42-,44-/m0/s1. The third-order valence-electron chi connectivity index (χ3n) is 11.1. The van der Waals surface area contributed by atoms with Gasteiger partial charge in [0.15, 0.2) is 0 Å². The maximum atomic E-state index is 13.3. The predicted octanol–water partition coefficient (Wildman–Crippen LogP) is 12.1. The van der Waals surface area contributed by atoms with Crippen LogP contribution in [0.3, 0.4) is 0 Å². The first-order valence-corrected chi connectivity index (χ1v) is 27.3. The highest BCUT2D eigenvalue weighted by Crippen LogP contribution is 2.55. The van der Waals surface area contributed by atoms with Gasteiger partial charge in [0.2, 0.25) is 11.8 Å². The Balaban J connectivity index is 4.12. The summed E-state index contributed by atoms with van der Waals surface area (Å²) >= 11 is 0. The number of ether oxygens (including phenoxy) is 1. The number of carboxylic acids is 1. The molecule has 0 saturated carbocycles. The Morgan fingerprint density at radius 3 is 1.43 bits per heavy atom. The Morgan fingerprint density at radius 1 is 0.538 bits per heavy atom. The number of carboxylic acid groups (broad SMARTS) is 1. The van der Waals surface area contributed by atoms with Gasteiger partial charge in [0, 0.05) is 32.4 Å². The van der Waals surface area contributed by atoms with Crippen LogP contribution >= 0.6 is 7.60 Å². The van der Waals surface area contributed by atoms with Crippen LogP contribution in [0, 0.1) is 11.8 Å². The van der Waals surface area contributed by atoms with E-state index in [0.717, 1.165) is 38.5 Å². The van der Waals surface area contributed by atoms with E-state index in [1.807, 2.05) is 62.3 Å². The number of hydrogen-bond donors (Lipinski definition) is 4. The first-order chi connectivity index (χ1) is 30.3. The number of carbonyl (C=O) groups excluding carboxylic acids is 4. The molecule has 0 heterocycles. The Labute approximate surface area is 396 Å². The zero-order valence-electron chi connectivity index (χ0n) is 43.1. The third kappa shape index (κ3) is 39.4. The molecule has 3 atom stereocenters. The lowest BCUT2D eigenvalue weighted by atomic mass is 9.94. The van der Waals surface area contributed by atoms with Gasteiger partial charge in [-0.1, -0.05) is 103 Å². The summed E-state index contributed by atoms with van der Waals surface area (Å²) < 4.78 is 30.8. The number of nitrogens with one attached hydrogen (secondary N) is 2. The van der Waals surface area contributed by atoms with E-state index in [2.05, 4.69) is 10.6 Å². The van der Waals surface area contributed by atoms with Gasteiger partial charge in [-0.25, -0.2) is 0 Å². The maximum Gasteiger partial charge on any atom is 0.331 e. The van der Waals surface area contributed by atoms with Crippen molar-refractivity contribution in [3.8, 4) is 0 Å². The van der Waals surface area contributed by atoms with Crippen molar-refractivity contribution in [2.75, 3.05) is 19.3 Å². The lowest BCUT2D eigenvalue weighted by molar-refractivity contribution is -0.160. The fourth-order valence-electron chi connectivity index (χ4n) is 7.56. The van der Waals surface area contributed by atoms with Crippen LogP contribution in [0.15, 0.2) is 0 Å². The molecule has 0 radical (unpaired) electrons. The molecule has 0 aromatic heterocycles. The first-order valence-electron chi connectivity index (χ1n) is 25.6. The number of unbranched alkanes of at least 4 members (excludes halogenated alkanes) is 17. The molecule has 0 spiro atoms. The second kappa shape index (κ2) is 34.9. The number of Topliss-reactive ketones (excluding diaryl/α,β-unsaturated/α-hetero) is 1. The van der Waals surface area contributed by atoms with E-state index in [1.54, 1.807) is 6.92 Å². The number of aliphatic carboxylic acids is 1. The Morgan fingerprint density at radius 2 is 0.969 bits per heavy atom. The Bertz CT molecular complexity index is 1350. The van der Waals surface area contributed by atoms with Crippen molar-refractivity contribution in [1.82, 2.24) is 10.6 Å². The molecule has 0 fully saturated rings.